The van der Waals surface area contributed by atoms with E-state index in [-0.39, 0.29) is 0 Å². The normalized spacial score (nSPS) is 14.9. The number of nitrogens with one attached hydrogen (secondary N) is 1. The Labute approximate surface area is 95.1 Å². The lowest BCUT2D eigenvalue weighted by Gasteiger charge is -2.23. The van der Waals surface area contributed by atoms with Crippen LogP contribution in [0.4, 0.5) is 0 Å². The molecule has 0 saturated heterocycles. The second kappa shape index (κ2) is 4.20. The maximum atomic E-state index is 10.3. The Bertz CT molecular complexity index is 494. The third-order valence-electron chi connectivity index (χ3n) is 2.75. The summed E-state index contributed by atoms with van der Waals surface area (Å²) in [5.74, 6) is 0. The van der Waals surface area contributed by atoms with Crippen LogP contribution in [-0.4, -0.2) is 23.7 Å². The van der Waals surface area contributed by atoms with Crippen LogP contribution in [0.15, 0.2) is 36.5 Å². The second-order valence-corrected chi connectivity index (χ2v) is 4.22. The average molecular weight is 216 g/mol. The number of likely N-dealkylation sites (N-methyl/N-ethyl adjacent to an activating group) is 1. The van der Waals surface area contributed by atoms with E-state index in [1.807, 2.05) is 37.4 Å². The number of pyridine rings is 1. The van der Waals surface area contributed by atoms with Crippen molar-refractivity contribution in [1.29, 1.82) is 0 Å². The first-order valence-electron chi connectivity index (χ1n) is 5.36. The molecule has 84 valence electrons. The van der Waals surface area contributed by atoms with Gasteiger partial charge in [-0.05, 0) is 37.7 Å². The number of benzene rings is 1. The van der Waals surface area contributed by atoms with Crippen molar-refractivity contribution in [3.8, 4) is 0 Å². The summed E-state index contributed by atoms with van der Waals surface area (Å²) in [5, 5.41) is 14.3. The molecular weight excluding hydrogens is 200 g/mol. The van der Waals surface area contributed by atoms with Crippen molar-refractivity contribution in [2.45, 2.75) is 12.5 Å². The molecule has 0 aliphatic heterocycles. The number of fused-ring (bicyclic) bond motifs is 1. The summed E-state index contributed by atoms with van der Waals surface area (Å²) in [7, 11) is 1.83. The summed E-state index contributed by atoms with van der Waals surface area (Å²) in [6.45, 7) is 2.33. The van der Waals surface area contributed by atoms with Gasteiger partial charge in [-0.2, -0.15) is 0 Å². The standard InChI is InChI=1S/C13H16N2O/c1-13(16,9-14-2)11-5-6-12-10(8-11)4-3-7-15-12/h3-8,14,16H,9H2,1-2H3. The molecule has 1 heterocycles. The minimum Gasteiger partial charge on any atom is -0.384 e. The van der Waals surface area contributed by atoms with Crippen molar-refractivity contribution < 1.29 is 5.11 Å². The Balaban J connectivity index is 2.46. The van der Waals surface area contributed by atoms with E-state index >= 15 is 0 Å². The van der Waals surface area contributed by atoms with Crippen LogP contribution < -0.4 is 5.32 Å². The van der Waals surface area contributed by atoms with Crippen molar-refractivity contribution in [3.63, 3.8) is 0 Å². The molecule has 0 saturated carbocycles. The summed E-state index contributed by atoms with van der Waals surface area (Å²) in [4.78, 5) is 4.25. The molecule has 3 nitrogen and oxygen atoms in total. The zero-order valence-corrected chi connectivity index (χ0v) is 9.57. The van der Waals surface area contributed by atoms with Crippen LogP contribution >= 0.6 is 0 Å². The van der Waals surface area contributed by atoms with Crippen LogP contribution in [0, 0.1) is 0 Å². The van der Waals surface area contributed by atoms with Gasteiger partial charge in [0.1, 0.15) is 0 Å². The van der Waals surface area contributed by atoms with Crippen molar-refractivity contribution in [1.82, 2.24) is 10.3 Å². The molecule has 0 aliphatic carbocycles. The largest absolute Gasteiger partial charge is 0.384 e. The first-order valence-corrected chi connectivity index (χ1v) is 5.36. The van der Waals surface area contributed by atoms with Gasteiger partial charge in [0.05, 0.1) is 11.1 Å². The van der Waals surface area contributed by atoms with Crippen LogP contribution in [0.5, 0.6) is 0 Å². The fourth-order valence-corrected chi connectivity index (χ4v) is 1.86. The third-order valence-corrected chi connectivity index (χ3v) is 2.75. The second-order valence-electron chi connectivity index (χ2n) is 4.22. The van der Waals surface area contributed by atoms with E-state index in [0.29, 0.717) is 6.54 Å². The quantitative estimate of drug-likeness (QED) is 0.820. The van der Waals surface area contributed by atoms with Gasteiger partial charge < -0.3 is 10.4 Å². The molecule has 1 unspecified atom stereocenters. The van der Waals surface area contributed by atoms with Gasteiger partial charge in [0.15, 0.2) is 0 Å². The molecule has 0 fully saturated rings. The van der Waals surface area contributed by atoms with Crippen molar-refractivity contribution in [2.75, 3.05) is 13.6 Å². The molecule has 1 aromatic heterocycles. The summed E-state index contributed by atoms with van der Waals surface area (Å²) >= 11 is 0. The maximum Gasteiger partial charge on any atom is 0.0992 e. The first-order chi connectivity index (χ1) is 7.63. The van der Waals surface area contributed by atoms with Crippen molar-refractivity contribution in [2.24, 2.45) is 0 Å². The summed E-state index contributed by atoms with van der Waals surface area (Å²) in [5.41, 5.74) is 1.01. The molecule has 0 aliphatic rings. The van der Waals surface area contributed by atoms with E-state index in [4.69, 9.17) is 0 Å². The molecule has 2 N–H and O–H groups in total. The molecule has 2 aromatic rings. The first kappa shape index (κ1) is 11.0. The van der Waals surface area contributed by atoms with Crippen molar-refractivity contribution in [3.05, 3.63) is 42.1 Å². The SMILES string of the molecule is CNCC(C)(O)c1ccc2ncccc2c1. The van der Waals surface area contributed by atoms with Gasteiger partial charge in [-0.25, -0.2) is 0 Å². The Morgan fingerprint density at radius 3 is 2.94 bits per heavy atom. The molecule has 0 radical (unpaired) electrons. The van der Waals surface area contributed by atoms with E-state index in [0.717, 1.165) is 16.5 Å². The van der Waals surface area contributed by atoms with Crippen LogP contribution in [0.2, 0.25) is 0 Å². The minimum absolute atomic E-state index is 0.527. The zero-order valence-electron chi connectivity index (χ0n) is 9.57. The Hall–Kier alpha value is -1.45. The average Bonchev–Trinajstić information content (AvgIpc) is 2.28. The topological polar surface area (TPSA) is 45.1 Å². The molecule has 1 atom stereocenters. The van der Waals surface area contributed by atoms with Gasteiger partial charge in [-0.15, -0.1) is 0 Å². The van der Waals surface area contributed by atoms with Gasteiger partial charge in [-0.1, -0.05) is 12.1 Å². The predicted octanol–water partition coefficient (Wildman–Crippen LogP) is 1.66. The minimum atomic E-state index is -0.848. The number of rotatable bonds is 3. The number of hydrogen-bond donors (Lipinski definition) is 2. The van der Waals surface area contributed by atoms with E-state index in [1.54, 1.807) is 13.1 Å². The number of aromatic nitrogens is 1. The van der Waals surface area contributed by atoms with Crippen LogP contribution in [0.25, 0.3) is 10.9 Å². The third kappa shape index (κ3) is 2.05. The van der Waals surface area contributed by atoms with Gasteiger partial charge in [0, 0.05) is 18.1 Å². The lowest BCUT2D eigenvalue weighted by atomic mass is 9.94. The lowest BCUT2D eigenvalue weighted by Crippen LogP contribution is -2.33. The van der Waals surface area contributed by atoms with Crippen molar-refractivity contribution >= 4 is 10.9 Å². The molecule has 16 heavy (non-hydrogen) atoms. The summed E-state index contributed by atoms with van der Waals surface area (Å²) in [6.07, 6.45) is 1.77. The van der Waals surface area contributed by atoms with E-state index in [1.165, 1.54) is 0 Å². The predicted molar refractivity (Wildman–Crippen MR) is 65.2 cm³/mol. The Morgan fingerprint density at radius 2 is 2.19 bits per heavy atom. The van der Waals surface area contributed by atoms with Gasteiger partial charge >= 0.3 is 0 Å². The number of aliphatic hydroxyl groups is 1. The highest BCUT2D eigenvalue weighted by molar-refractivity contribution is 5.79. The Kier molecular flexibility index (Phi) is 2.90. The molecule has 0 bridgehead atoms. The lowest BCUT2D eigenvalue weighted by molar-refractivity contribution is 0.0593. The Morgan fingerprint density at radius 1 is 1.38 bits per heavy atom. The molecule has 1 aromatic carbocycles. The van der Waals surface area contributed by atoms with E-state index in [9.17, 15) is 5.11 Å². The van der Waals surface area contributed by atoms with Gasteiger partial charge in [-0.3, -0.25) is 4.98 Å². The van der Waals surface area contributed by atoms with Crippen LogP contribution in [-0.2, 0) is 5.60 Å². The maximum absolute atomic E-state index is 10.3. The highest BCUT2D eigenvalue weighted by Gasteiger charge is 2.21. The van der Waals surface area contributed by atoms with E-state index in [2.05, 4.69) is 10.3 Å². The monoisotopic (exact) mass is 216 g/mol. The fraction of sp³-hybridized carbons (Fsp3) is 0.308. The molecular formula is C13H16N2O. The number of nitrogens with zero attached hydrogens (tertiary/aromatic N) is 1. The van der Waals surface area contributed by atoms with Gasteiger partial charge in [0.2, 0.25) is 0 Å². The highest BCUT2D eigenvalue weighted by atomic mass is 16.3. The smallest absolute Gasteiger partial charge is 0.0992 e. The number of hydrogen-bond acceptors (Lipinski definition) is 3. The van der Waals surface area contributed by atoms with Gasteiger partial charge in [0.25, 0.3) is 0 Å². The molecule has 2 rings (SSSR count). The summed E-state index contributed by atoms with van der Waals surface area (Å²) < 4.78 is 0. The molecule has 0 spiro atoms. The van der Waals surface area contributed by atoms with Crippen LogP contribution in [0.1, 0.15) is 12.5 Å². The summed E-state index contributed by atoms with van der Waals surface area (Å²) in [6, 6.07) is 9.75. The van der Waals surface area contributed by atoms with Crippen LogP contribution in [0.3, 0.4) is 0 Å². The molecule has 3 heteroatoms. The zero-order chi connectivity index (χ0) is 11.6. The fourth-order valence-electron chi connectivity index (χ4n) is 1.86. The highest BCUT2D eigenvalue weighted by Crippen LogP contribution is 2.23. The van der Waals surface area contributed by atoms with E-state index < -0.39 is 5.60 Å². The molecule has 0 amide bonds.